The molecule has 0 saturated heterocycles. The van der Waals surface area contributed by atoms with E-state index in [4.69, 9.17) is 10.5 Å². The summed E-state index contributed by atoms with van der Waals surface area (Å²) in [6, 6.07) is 5.56. The topological polar surface area (TPSA) is 67.5 Å². The molecule has 18 heavy (non-hydrogen) atoms. The van der Waals surface area contributed by atoms with Gasteiger partial charge in [0.25, 0.3) is 0 Å². The van der Waals surface area contributed by atoms with Gasteiger partial charge in [-0.2, -0.15) is 0 Å². The van der Waals surface area contributed by atoms with Crippen molar-refractivity contribution in [2.45, 2.75) is 32.8 Å². The summed E-state index contributed by atoms with van der Waals surface area (Å²) in [6.45, 7) is 6.47. The molecule has 0 radical (unpaired) electrons. The largest absolute Gasteiger partial charge is 0.495 e. The molecule has 0 aliphatic rings. The Labute approximate surface area is 109 Å². The van der Waals surface area contributed by atoms with Gasteiger partial charge in [0.15, 0.2) is 0 Å². The third-order valence-electron chi connectivity index (χ3n) is 2.79. The van der Waals surface area contributed by atoms with Crippen LogP contribution in [0.3, 0.4) is 0 Å². The molecule has 0 aliphatic heterocycles. The second-order valence-electron chi connectivity index (χ2n) is 5.37. The zero-order valence-corrected chi connectivity index (χ0v) is 11.7. The van der Waals surface area contributed by atoms with Crippen molar-refractivity contribution in [3.8, 4) is 5.75 Å². The standard InChI is InChI=1S/C14H24N2O2/c1-10(2)8-14(3,17)9-16-11-6-5-7-12(18-4)13(11)15/h5-7,10,16-17H,8-9,15H2,1-4H3. The van der Waals surface area contributed by atoms with E-state index in [2.05, 4.69) is 19.2 Å². The van der Waals surface area contributed by atoms with Crippen molar-refractivity contribution in [1.29, 1.82) is 0 Å². The molecule has 1 unspecified atom stereocenters. The van der Waals surface area contributed by atoms with Gasteiger partial charge in [0, 0.05) is 6.54 Å². The summed E-state index contributed by atoms with van der Waals surface area (Å²) in [5, 5.41) is 13.4. The van der Waals surface area contributed by atoms with Crippen molar-refractivity contribution in [2.75, 3.05) is 24.7 Å². The Morgan fingerprint density at radius 3 is 2.67 bits per heavy atom. The Hall–Kier alpha value is -1.42. The number of anilines is 2. The molecule has 0 heterocycles. The van der Waals surface area contributed by atoms with E-state index < -0.39 is 5.60 Å². The quantitative estimate of drug-likeness (QED) is 0.680. The number of hydrogen-bond acceptors (Lipinski definition) is 4. The summed E-state index contributed by atoms with van der Waals surface area (Å²) in [6.07, 6.45) is 0.740. The molecule has 0 aromatic heterocycles. The van der Waals surface area contributed by atoms with Crippen molar-refractivity contribution in [3.63, 3.8) is 0 Å². The summed E-state index contributed by atoms with van der Waals surface area (Å²) in [7, 11) is 1.59. The molecule has 0 aliphatic carbocycles. The minimum absolute atomic E-state index is 0.449. The summed E-state index contributed by atoms with van der Waals surface area (Å²) in [5.41, 5.74) is 6.57. The van der Waals surface area contributed by atoms with Gasteiger partial charge in [-0.15, -0.1) is 0 Å². The normalized spacial score (nSPS) is 14.3. The first-order valence-corrected chi connectivity index (χ1v) is 6.24. The molecule has 1 atom stereocenters. The maximum Gasteiger partial charge on any atom is 0.143 e. The summed E-state index contributed by atoms with van der Waals surface area (Å²) >= 11 is 0. The first-order valence-electron chi connectivity index (χ1n) is 6.24. The van der Waals surface area contributed by atoms with E-state index in [9.17, 15) is 5.11 Å². The number of rotatable bonds is 6. The molecule has 1 rings (SSSR count). The Balaban J connectivity index is 2.69. The number of ether oxygens (including phenoxy) is 1. The first-order chi connectivity index (χ1) is 8.35. The van der Waals surface area contributed by atoms with Crippen LogP contribution in [0.2, 0.25) is 0 Å². The van der Waals surface area contributed by atoms with Gasteiger partial charge in [0.1, 0.15) is 5.75 Å². The van der Waals surface area contributed by atoms with E-state index in [1.54, 1.807) is 7.11 Å². The molecule has 1 aromatic rings. The van der Waals surface area contributed by atoms with E-state index in [1.807, 2.05) is 25.1 Å². The maximum absolute atomic E-state index is 10.2. The highest BCUT2D eigenvalue weighted by Gasteiger charge is 2.21. The first kappa shape index (κ1) is 14.6. The van der Waals surface area contributed by atoms with Crippen LogP contribution in [-0.4, -0.2) is 24.4 Å². The van der Waals surface area contributed by atoms with Crippen LogP contribution in [0.4, 0.5) is 11.4 Å². The number of para-hydroxylation sites is 1. The van der Waals surface area contributed by atoms with Crippen molar-refractivity contribution in [1.82, 2.24) is 0 Å². The number of nitrogens with two attached hydrogens (primary N) is 1. The lowest BCUT2D eigenvalue weighted by Crippen LogP contribution is -2.35. The van der Waals surface area contributed by atoms with Crippen LogP contribution in [0.5, 0.6) is 5.75 Å². The molecular weight excluding hydrogens is 228 g/mol. The lowest BCUT2D eigenvalue weighted by atomic mass is 9.94. The predicted molar refractivity (Wildman–Crippen MR) is 76.0 cm³/mol. The minimum atomic E-state index is -0.746. The fourth-order valence-corrected chi connectivity index (χ4v) is 2.11. The van der Waals surface area contributed by atoms with E-state index in [-0.39, 0.29) is 0 Å². The number of methoxy groups -OCH3 is 1. The average molecular weight is 252 g/mol. The molecule has 0 bridgehead atoms. The van der Waals surface area contributed by atoms with Crippen molar-refractivity contribution >= 4 is 11.4 Å². The molecule has 4 heteroatoms. The van der Waals surface area contributed by atoms with Gasteiger partial charge >= 0.3 is 0 Å². The smallest absolute Gasteiger partial charge is 0.143 e. The number of nitrogens with one attached hydrogen (secondary N) is 1. The van der Waals surface area contributed by atoms with Gasteiger partial charge in [0.2, 0.25) is 0 Å². The van der Waals surface area contributed by atoms with E-state index in [0.29, 0.717) is 23.9 Å². The lowest BCUT2D eigenvalue weighted by Gasteiger charge is -2.26. The lowest BCUT2D eigenvalue weighted by molar-refractivity contribution is 0.0515. The fraction of sp³-hybridized carbons (Fsp3) is 0.571. The average Bonchev–Trinajstić information content (AvgIpc) is 2.26. The molecule has 0 spiro atoms. The van der Waals surface area contributed by atoms with Crippen molar-refractivity contribution in [3.05, 3.63) is 18.2 Å². The zero-order valence-electron chi connectivity index (χ0n) is 11.7. The third-order valence-corrected chi connectivity index (χ3v) is 2.79. The van der Waals surface area contributed by atoms with Crippen LogP contribution in [0.15, 0.2) is 18.2 Å². The fourth-order valence-electron chi connectivity index (χ4n) is 2.11. The Morgan fingerprint density at radius 1 is 1.44 bits per heavy atom. The van der Waals surface area contributed by atoms with Gasteiger partial charge < -0.3 is 20.9 Å². The summed E-state index contributed by atoms with van der Waals surface area (Å²) in [5.74, 6) is 1.09. The van der Waals surface area contributed by atoms with E-state index in [1.165, 1.54) is 0 Å². The molecular formula is C14H24N2O2. The summed E-state index contributed by atoms with van der Waals surface area (Å²) in [4.78, 5) is 0. The SMILES string of the molecule is COc1cccc(NCC(C)(O)CC(C)C)c1N. The zero-order chi connectivity index (χ0) is 13.8. The second kappa shape index (κ2) is 5.96. The van der Waals surface area contributed by atoms with Crippen LogP contribution in [-0.2, 0) is 0 Å². The molecule has 0 saturated carbocycles. The van der Waals surface area contributed by atoms with E-state index >= 15 is 0 Å². The highest BCUT2D eigenvalue weighted by molar-refractivity contribution is 5.72. The molecule has 0 fully saturated rings. The summed E-state index contributed by atoms with van der Waals surface area (Å²) < 4.78 is 5.15. The van der Waals surface area contributed by atoms with E-state index in [0.717, 1.165) is 12.1 Å². The molecule has 0 amide bonds. The highest BCUT2D eigenvalue weighted by atomic mass is 16.5. The van der Waals surface area contributed by atoms with Gasteiger partial charge in [0.05, 0.1) is 24.1 Å². The predicted octanol–water partition coefficient (Wildman–Crippen LogP) is 2.49. The molecule has 102 valence electrons. The molecule has 4 nitrogen and oxygen atoms in total. The number of nitrogen functional groups attached to an aromatic ring is 1. The number of hydrogen-bond donors (Lipinski definition) is 3. The van der Waals surface area contributed by atoms with Crippen LogP contribution >= 0.6 is 0 Å². The Morgan fingerprint density at radius 2 is 2.11 bits per heavy atom. The van der Waals surface area contributed by atoms with Gasteiger partial charge in [-0.1, -0.05) is 19.9 Å². The van der Waals surface area contributed by atoms with Gasteiger partial charge in [-0.05, 0) is 31.4 Å². The number of aliphatic hydroxyl groups is 1. The maximum atomic E-state index is 10.2. The van der Waals surface area contributed by atoms with Gasteiger partial charge in [-0.25, -0.2) is 0 Å². The Kier molecular flexibility index (Phi) is 4.84. The second-order valence-corrected chi connectivity index (χ2v) is 5.37. The van der Waals surface area contributed by atoms with Crippen molar-refractivity contribution in [2.24, 2.45) is 5.92 Å². The van der Waals surface area contributed by atoms with Gasteiger partial charge in [-0.3, -0.25) is 0 Å². The van der Waals surface area contributed by atoms with Crippen LogP contribution < -0.4 is 15.8 Å². The third kappa shape index (κ3) is 4.11. The molecule has 4 N–H and O–H groups in total. The van der Waals surface area contributed by atoms with Crippen LogP contribution in [0, 0.1) is 5.92 Å². The Bertz CT molecular complexity index is 389. The van der Waals surface area contributed by atoms with Crippen LogP contribution in [0.25, 0.3) is 0 Å². The molecule has 1 aromatic carbocycles. The van der Waals surface area contributed by atoms with Crippen LogP contribution in [0.1, 0.15) is 27.2 Å². The minimum Gasteiger partial charge on any atom is -0.495 e. The highest BCUT2D eigenvalue weighted by Crippen LogP contribution is 2.29. The van der Waals surface area contributed by atoms with Crippen molar-refractivity contribution < 1.29 is 9.84 Å². The number of benzene rings is 1. The monoisotopic (exact) mass is 252 g/mol.